The number of pyridine rings is 2. The Bertz CT molecular complexity index is 2800. The van der Waals surface area contributed by atoms with Gasteiger partial charge in [0.25, 0.3) is 11.5 Å². The summed E-state index contributed by atoms with van der Waals surface area (Å²) in [6.45, 7) is 16.1. The van der Waals surface area contributed by atoms with E-state index in [1.165, 1.54) is 21.9 Å². The quantitative estimate of drug-likeness (QED) is 0.104. The van der Waals surface area contributed by atoms with Gasteiger partial charge in [-0.15, -0.1) is 0 Å². The Labute approximate surface area is 391 Å². The van der Waals surface area contributed by atoms with Gasteiger partial charge in [0, 0.05) is 123 Å². The molecule has 1 aliphatic carbocycles. The van der Waals surface area contributed by atoms with Crippen LogP contribution in [0.2, 0.25) is 0 Å². The standard InChI is InChI=1S/C51H61N11O5/c1-32(2)40-8-7-9-45(55-40)58-18-15-37(16-19-58)59-20-21-60(33(3)28-59)42-12-11-36(24-34(42)10-13-46(65)53-31-64)54-47-50(67)57(6)29-41(56-47)38-14-17-52-48(39(38)30-63)62-23-22-61-43(49(62)66)25-35-26-51(4,5)27-44(35)61/h7-14,17,24-25,29,31-33,37,63H,15-16,18-23,26-28,30H2,1-6H3,(H,54,56)(H,53,64,65)/t33-/m0/s1. The lowest BCUT2D eigenvalue weighted by Gasteiger charge is -2.47. The number of nitrogens with zero attached hydrogens (tertiary/aromatic N) is 9. The number of aromatic nitrogens is 5. The normalized spacial score (nSPS) is 18.7. The maximum atomic E-state index is 14.1. The van der Waals surface area contributed by atoms with E-state index in [1.54, 1.807) is 36.5 Å². The second kappa shape index (κ2) is 18.6. The Balaban J connectivity index is 0.939. The number of aliphatic hydroxyl groups is 1. The molecule has 9 rings (SSSR count). The van der Waals surface area contributed by atoms with Gasteiger partial charge in [0.1, 0.15) is 17.3 Å². The molecule has 16 nitrogen and oxygen atoms in total. The van der Waals surface area contributed by atoms with Crippen LogP contribution < -0.4 is 30.9 Å². The predicted molar refractivity (Wildman–Crippen MR) is 261 cm³/mol. The van der Waals surface area contributed by atoms with Crippen LogP contribution in [0.5, 0.6) is 0 Å². The minimum absolute atomic E-state index is 0.0457. The monoisotopic (exact) mass is 907 g/mol. The Hall–Kier alpha value is -6.65. The van der Waals surface area contributed by atoms with Crippen LogP contribution in [0.1, 0.15) is 91.9 Å². The number of imide groups is 1. The fourth-order valence-corrected chi connectivity index (χ4v) is 10.5. The number of aliphatic hydroxyl groups excluding tert-OH is 1. The van der Waals surface area contributed by atoms with Crippen molar-refractivity contribution in [2.24, 2.45) is 12.5 Å². The fraction of sp³-hybridized carbons (Fsp3) is 0.431. The molecule has 1 atom stereocenters. The lowest BCUT2D eigenvalue weighted by Crippen LogP contribution is -2.57. The molecule has 350 valence electrons. The molecular weight excluding hydrogens is 847 g/mol. The Morgan fingerprint density at radius 2 is 1.79 bits per heavy atom. The third kappa shape index (κ3) is 9.11. The van der Waals surface area contributed by atoms with Gasteiger partial charge in [-0.25, -0.2) is 15.0 Å². The summed E-state index contributed by atoms with van der Waals surface area (Å²) in [7, 11) is 1.64. The molecule has 0 bridgehead atoms. The Kier molecular flexibility index (Phi) is 12.6. The Morgan fingerprint density at radius 3 is 2.54 bits per heavy atom. The number of hydrogen-bond acceptors (Lipinski definition) is 12. The van der Waals surface area contributed by atoms with Crippen molar-refractivity contribution < 1.29 is 19.5 Å². The molecule has 4 aliphatic rings. The molecule has 1 aromatic carbocycles. The molecule has 0 spiro atoms. The van der Waals surface area contributed by atoms with Crippen LogP contribution in [-0.4, -0.2) is 104 Å². The molecular formula is C51H61N11O5. The van der Waals surface area contributed by atoms with Crippen molar-refractivity contribution in [2.75, 3.05) is 59.3 Å². The molecule has 3 aliphatic heterocycles. The van der Waals surface area contributed by atoms with Crippen molar-refractivity contribution in [1.29, 1.82) is 0 Å². The van der Waals surface area contributed by atoms with Gasteiger partial charge >= 0.3 is 0 Å². The smallest absolute Gasteiger partial charge is 0.293 e. The van der Waals surface area contributed by atoms with Gasteiger partial charge in [0.2, 0.25) is 12.3 Å². The largest absolute Gasteiger partial charge is 0.392 e. The summed E-state index contributed by atoms with van der Waals surface area (Å²) in [5.41, 5.74) is 7.53. The van der Waals surface area contributed by atoms with E-state index in [4.69, 9.17) is 9.97 Å². The molecule has 5 aromatic rings. The number of hydrogen-bond donors (Lipinski definition) is 3. The summed E-state index contributed by atoms with van der Waals surface area (Å²) in [4.78, 5) is 74.7. The molecule has 0 radical (unpaired) electrons. The van der Waals surface area contributed by atoms with E-state index < -0.39 is 12.5 Å². The van der Waals surface area contributed by atoms with E-state index in [-0.39, 0.29) is 28.7 Å². The van der Waals surface area contributed by atoms with Crippen LogP contribution in [0.25, 0.3) is 17.3 Å². The highest BCUT2D eigenvalue weighted by Gasteiger charge is 2.38. The SMILES string of the molecule is CC(C)c1cccc(N2CCC(N3CCN(c4ccc(Nc5nc(-c6ccnc(N7CCn8c(cc9c8CC(C)(C)C9)C7=O)c6CO)cn(C)c5=O)cc4C=CC(=O)NC=O)[C@@H](C)C3)CC2)n1. The molecule has 4 aromatic heterocycles. The van der Waals surface area contributed by atoms with Crippen molar-refractivity contribution in [2.45, 2.75) is 91.5 Å². The van der Waals surface area contributed by atoms with E-state index >= 15 is 0 Å². The zero-order chi connectivity index (χ0) is 47.1. The first-order chi connectivity index (χ1) is 32.2. The highest BCUT2D eigenvalue weighted by molar-refractivity contribution is 6.06. The zero-order valence-electron chi connectivity index (χ0n) is 39.3. The average molecular weight is 908 g/mol. The summed E-state index contributed by atoms with van der Waals surface area (Å²) in [5.74, 6) is 1.12. The second-order valence-corrected chi connectivity index (χ2v) is 19.5. The van der Waals surface area contributed by atoms with E-state index in [2.05, 4.69) is 87.7 Å². The number of piperidine rings is 1. The molecule has 16 heteroatoms. The van der Waals surface area contributed by atoms with Crippen LogP contribution in [0, 0.1) is 5.41 Å². The van der Waals surface area contributed by atoms with Gasteiger partial charge in [-0.3, -0.25) is 34.3 Å². The zero-order valence-corrected chi connectivity index (χ0v) is 39.3. The number of nitrogens with one attached hydrogen (secondary N) is 2. The van der Waals surface area contributed by atoms with Crippen molar-refractivity contribution in [1.82, 2.24) is 34.3 Å². The topological polar surface area (TPSA) is 174 Å². The summed E-state index contributed by atoms with van der Waals surface area (Å²) in [6, 6.07) is 16.4. The van der Waals surface area contributed by atoms with Crippen LogP contribution in [0.4, 0.5) is 28.8 Å². The number of benzene rings is 1. The number of fused-ring (bicyclic) bond motifs is 3. The lowest BCUT2D eigenvalue weighted by molar-refractivity contribution is -0.121. The van der Waals surface area contributed by atoms with Crippen LogP contribution in [0.3, 0.4) is 0 Å². The van der Waals surface area contributed by atoms with Crippen molar-refractivity contribution in [3.05, 3.63) is 111 Å². The molecule has 2 saturated heterocycles. The van der Waals surface area contributed by atoms with E-state index in [0.717, 1.165) is 81.2 Å². The maximum absolute atomic E-state index is 14.1. The van der Waals surface area contributed by atoms with Crippen molar-refractivity contribution >= 4 is 53.1 Å². The van der Waals surface area contributed by atoms with Crippen molar-refractivity contribution in [3.8, 4) is 11.3 Å². The molecule has 67 heavy (non-hydrogen) atoms. The molecule has 3 N–H and O–H groups in total. The number of rotatable bonds is 12. The van der Waals surface area contributed by atoms with E-state index in [1.807, 2.05) is 24.3 Å². The maximum Gasteiger partial charge on any atom is 0.293 e. The fourth-order valence-electron chi connectivity index (χ4n) is 10.5. The summed E-state index contributed by atoms with van der Waals surface area (Å²) < 4.78 is 3.57. The molecule has 3 amide bonds. The number of piperazine rings is 1. The number of amides is 3. The molecule has 2 fully saturated rings. The second-order valence-electron chi connectivity index (χ2n) is 19.5. The van der Waals surface area contributed by atoms with Gasteiger partial charge in [-0.1, -0.05) is 33.8 Å². The molecule has 7 heterocycles. The first kappa shape index (κ1) is 45.5. The summed E-state index contributed by atoms with van der Waals surface area (Å²) in [6.07, 6.45) is 10.5. The molecule has 0 saturated carbocycles. The number of anilines is 5. The van der Waals surface area contributed by atoms with Gasteiger partial charge < -0.3 is 29.4 Å². The third-order valence-corrected chi connectivity index (χ3v) is 13.9. The highest BCUT2D eigenvalue weighted by atomic mass is 16.3. The predicted octanol–water partition coefficient (Wildman–Crippen LogP) is 5.65. The van der Waals surface area contributed by atoms with Gasteiger partial charge in [-0.2, -0.15) is 0 Å². The first-order valence-electron chi connectivity index (χ1n) is 23.5. The minimum Gasteiger partial charge on any atom is -0.392 e. The summed E-state index contributed by atoms with van der Waals surface area (Å²) in [5, 5.41) is 16.3. The van der Waals surface area contributed by atoms with Crippen LogP contribution >= 0.6 is 0 Å². The third-order valence-electron chi connectivity index (χ3n) is 13.9. The number of carbonyl (C=O) groups is 3. The number of carbonyl (C=O) groups excluding carboxylic acids is 3. The summed E-state index contributed by atoms with van der Waals surface area (Å²) >= 11 is 0. The van der Waals surface area contributed by atoms with E-state index in [9.17, 15) is 24.3 Å². The van der Waals surface area contributed by atoms with Gasteiger partial charge in [0.05, 0.1) is 12.3 Å². The van der Waals surface area contributed by atoms with Crippen LogP contribution in [-0.2, 0) is 42.6 Å². The lowest BCUT2D eigenvalue weighted by atomic mass is 9.90. The molecule has 0 unspecified atom stereocenters. The average Bonchev–Trinajstić information content (AvgIpc) is 3.81. The minimum atomic E-state index is -0.553. The highest BCUT2D eigenvalue weighted by Crippen LogP contribution is 2.40. The van der Waals surface area contributed by atoms with Crippen LogP contribution in [0.15, 0.2) is 71.8 Å². The van der Waals surface area contributed by atoms with E-state index in [0.29, 0.717) is 65.5 Å². The number of aryl methyl sites for hydroxylation is 1. The van der Waals surface area contributed by atoms with Gasteiger partial charge in [0.15, 0.2) is 5.82 Å². The van der Waals surface area contributed by atoms with Crippen molar-refractivity contribution in [3.63, 3.8) is 0 Å². The van der Waals surface area contributed by atoms with Gasteiger partial charge in [-0.05, 0) is 98.0 Å². The Morgan fingerprint density at radius 1 is 0.985 bits per heavy atom. The first-order valence-corrected chi connectivity index (χ1v) is 23.5.